The van der Waals surface area contributed by atoms with E-state index in [2.05, 4.69) is 5.10 Å². The number of sulfonamides is 1. The molecule has 0 spiro atoms. The summed E-state index contributed by atoms with van der Waals surface area (Å²) in [6.45, 7) is 1.65. The van der Waals surface area contributed by atoms with E-state index in [9.17, 15) is 26.4 Å². The molecule has 6 nitrogen and oxygen atoms in total. The highest BCUT2D eigenvalue weighted by Crippen LogP contribution is 2.33. The van der Waals surface area contributed by atoms with Gasteiger partial charge in [-0.3, -0.25) is 4.79 Å². The normalized spacial score (nSPS) is 12.0. The van der Waals surface area contributed by atoms with Crippen molar-refractivity contribution in [3.05, 3.63) is 71.4 Å². The van der Waals surface area contributed by atoms with E-state index < -0.39 is 27.8 Å². The van der Waals surface area contributed by atoms with Gasteiger partial charge in [0, 0.05) is 17.0 Å². The van der Waals surface area contributed by atoms with Gasteiger partial charge in [0.15, 0.2) is 5.69 Å². The molecule has 2 aromatic carbocycles. The van der Waals surface area contributed by atoms with Crippen molar-refractivity contribution in [3.8, 4) is 11.3 Å². The van der Waals surface area contributed by atoms with Gasteiger partial charge in [-0.15, -0.1) is 9.51 Å². The van der Waals surface area contributed by atoms with Crippen LogP contribution in [0, 0.1) is 0 Å². The number of rotatable bonds is 6. The van der Waals surface area contributed by atoms with Crippen molar-refractivity contribution in [1.82, 2.24) is 9.89 Å². The summed E-state index contributed by atoms with van der Waals surface area (Å²) in [6, 6.07) is 13.3. The van der Waals surface area contributed by atoms with E-state index in [1.807, 2.05) is 0 Å². The molecular weight excluding hydrogens is 455 g/mol. The number of amides is 1. The minimum atomic E-state index is -4.86. The molecule has 3 rings (SSSR count). The highest BCUT2D eigenvalue weighted by atomic mass is 35.5. The maximum atomic E-state index is 13.4. The van der Waals surface area contributed by atoms with Crippen LogP contribution in [-0.2, 0) is 21.0 Å². The van der Waals surface area contributed by atoms with Crippen LogP contribution in [0.1, 0.15) is 25.5 Å². The summed E-state index contributed by atoms with van der Waals surface area (Å²) < 4.78 is 67.2. The molecule has 1 aromatic heterocycles. The van der Waals surface area contributed by atoms with Crippen LogP contribution in [0.25, 0.3) is 11.3 Å². The Morgan fingerprint density at radius 1 is 1.10 bits per heavy atom. The average molecular weight is 472 g/mol. The second-order valence-electron chi connectivity index (χ2n) is 6.51. The van der Waals surface area contributed by atoms with Crippen molar-refractivity contribution in [2.45, 2.75) is 30.8 Å². The highest BCUT2D eigenvalue weighted by molar-refractivity contribution is 7.93. The van der Waals surface area contributed by atoms with Crippen molar-refractivity contribution < 1.29 is 26.4 Å². The number of alkyl halides is 3. The van der Waals surface area contributed by atoms with E-state index in [-0.39, 0.29) is 33.4 Å². The van der Waals surface area contributed by atoms with Crippen LogP contribution in [-0.4, -0.2) is 24.2 Å². The fourth-order valence-electron chi connectivity index (χ4n) is 2.81. The number of hydrogen-bond donors (Lipinski definition) is 0. The van der Waals surface area contributed by atoms with Crippen LogP contribution in [0.5, 0.6) is 0 Å². The first-order valence-corrected chi connectivity index (χ1v) is 10.9. The summed E-state index contributed by atoms with van der Waals surface area (Å²) in [6.07, 6.45) is -4.79. The molecule has 0 aliphatic carbocycles. The van der Waals surface area contributed by atoms with Gasteiger partial charge in [0.05, 0.1) is 10.6 Å². The van der Waals surface area contributed by atoms with Gasteiger partial charge in [-0.2, -0.15) is 26.4 Å². The number of carbonyl (C=O) groups is 1. The molecule has 0 saturated carbocycles. The number of benzene rings is 2. The van der Waals surface area contributed by atoms with Gasteiger partial charge in [-0.25, -0.2) is 0 Å². The van der Waals surface area contributed by atoms with Crippen molar-refractivity contribution >= 4 is 27.5 Å². The molecule has 0 atom stereocenters. The Morgan fingerprint density at radius 2 is 1.71 bits per heavy atom. The smallest absolute Gasteiger partial charge is 0.272 e. The zero-order valence-corrected chi connectivity index (χ0v) is 17.7. The zero-order valence-electron chi connectivity index (χ0n) is 16.2. The Morgan fingerprint density at radius 3 is 2.26 bits per heavy atom. The van der Waals surface area contributed by atoms with Crippen molar-refractivity contribution in [3.63, 3.8) is 0 Å². The van der Waals surface area contributed by atoms with Crippen molar-refractivity contribution in [2.75, 3.05) is 4.41 Å². The van der Waals surface area contributed by atoms with Crippen molar-refractivity contribution in [2.24, 2.45) is 0 Å². The summed E-state index contributed by atoms with van der Waals surface area (Å²) in [4.78, 5) is 13.1. The fraction of sp³-hybridized carbons (Fsp3) is 0.200. The molecule has 3 aromatic rings. The second-order valence-corrected chi connectivity index (χ2v) is 8.72. The Hall–Kier alpha value is -2.85. The SMILES string of the molecule is CCCC(=O)N(n1nc(C(F)(F)F)cc1-c1ccc(Cl)cc1)S(=O)(=O)c1ccccc1. The third-order valence-corrected chi connectivity index (χ3v) is 6.17. The monoisotopic (exact) mass is 471 g/mol. The molecule has 0 saturated heterocycles. The van der Waals surface area contributed by atoms with E-state index in [0.717, 1.165) is 0 Å². The van der Waals surface area contributed by atoms with E-state index >= 15 is 0 Å². The maximum absolute atomic E-state index is 13.4. The molecular formula is C20H17ClF3N3O3S. The molecule has 31 heavy (non-hydrogen) atoms. The first kappa shape index (κ1) is 22.8. The predicted octanol–water partition coefficient (Wildman–Crippen LogP) is 4.88. The molecule has 0 unspecified atom stereocenters. The molecule has 0 N–H and O–H groups in total. The van der Waals surface area contributed by atoms with Crippen molar-refractivity contribution in [1.29, 1.82) is 0 Å². The van der Waals surface area contributed by atoms with Gasteiger partial charge in [0.25, 0.3) is 15.9 Å². The molecule has 0 radical (unpaired) electrons. The minimum Gasteiger partial charge on any atom is -0.272 e. The number of carbonyl (C=O) groups excluding carboxylic acids is 1. The Balaban J connectivity index is 2.29. The lowest BCUT2D eigenvalue weighted by molar-refractivity contribution is -0.141. The molecule has 0 aliphatic heterocycles. The van der Waals surface area contributed by atoms with Gasteiger partial charge in [0.1, 0.15) is 0 Å². The van der Waals surface area contributed by atoms with Gasteiger partial charge in [-0.05, 0) is 36.8 Å². The largest absolute Gasteiger partial charge is 0.435 e. The second kappa shape index (κ2) is 8.72. The lowest BCUT2D eigenvalue weighted by atomic mass is 10.1. The molecule has 0 fully saturated rings. The average Bonchev–Trinajstić information content (AvgIpc) is 3.14. The lowest BCUT2D eigenvalue weighted by Crippen LogP contribution is -2.46. The Bertz CT molecular complexity index is 1180. The standard InChI is InChI=1S/C20H17ClF3N3O3S/c1-2-6-19(28)27(31(29,30)16-7-4-3-5-8-16)26-17(13-18(25-26)20(22,23)24)14-9-11-15(21)12-10-14/h3-5,7-13H,2,6H2,1H3. The minimum absolute atomic E-state index is 0.199. The number of nitrogens with zero attached hydrogens (tertiary/aromatic N) is 3. The van der Waals surface area contributed by atoms with Crippen LogP contribution in [0.3, 0.4) is 0 Å². The lowest BCUT2D eigenvalue weighted by Gasteiger charge is -2.24. The Kier molecular flexibility index (Phi) is 6.42. The Labute approximate surface area is 181 Å². The third-order valence-electron chi connectivity index (χ3n) is 4.24. The zero-order chi connectivity index (χ0) is 22.8. The van der Waals surface area contributed by atoms with Crippen LogP contribution >= 0.6 is 11.6 Å². The highest BCUT2D eigenvalue weighted by Gasteiger charge is 2.39. The molecule has 1 amide bonds. The molecule has 11 heteroatoms. The summed E-state index contributed by atoms with van der Waals surface area (Å²) >= 11 is 5.86. The fourth-order valence-corrected chi connectivity index (χ4v) is 4.33. The molecule has 0 aliphatic rings. The third kappa shape index (κ3) is 4.75. The molecule has 1 heterocycles. The van der Waals surface area contributed by atoms with E-state index in [1.165, 1.54) is 48.5 Å². The molecule has 0 bridgehead atoms. The molecule has 164 valence electrons. The van der Waals surface area contributed by atoms with E-state index in [4.69, 9.17) is 11.6 Å². The first-order valence-electron chi connectivity index (χ1n) is 9.12. The number of halogens is 4. The topological polar surface area (TPSA) is 72.3 Å². The summed E-state index contributed by atoms with van der Waals surface area (Å²) in [7, 11) is -4.56. The summed E-state index contributed by atoms with van der Waals surface area (Å²) in [5.41, 5.74) is -1.37. The van der Waals surface area contributed by atoms with Gasteiger partial charge >= 0.3 is 6.18 Å². The van der Waals surface area contributed by atoms with Crippen LogP contribution in [0.4, 0.5) is 13.2 Å². The maximum Gasteiger partial charge on any atom is 0.435 e. The summed E-state index contributed by atoms with van der Waals surface area (Å²) in [5, 5.41) is 3.80. The van der Waals surface area contributed by atoms with Crippen LogP contribution < -0.4 is 4.41 Å². The van der Waals surface area contributed by atoms with Crippen LogP contribution in [0.15, 0.2) is 65.6 Å². The quantitative estimate of drug-likeness (QED) is 0.514. The first-order chi connectivity index (χ1) is 14.6. The van der Waals surface area contributed by atoms with Gasteiger partial charge < -0.3 is 0 Å². The van der Waals surface area contributed by atoms with Gasteiger partial charge in [0.2, 0.25) is 0 Å². The summed E-state index contributed by atoms with van der Waals surface area (Å²) in [5.74, 6) is -0.918. The van der Waals surface area contributed by atoms with E-state index in [0.29, 0.717) is 15.9 Å². The van der Waals surface area contributed by atoms with E-state index in [1.54, 1.807) is 13.0 Å². The number of hydrogen-bond acceptors (Lipinski definition) is 4. The van der Waals surface area contributed by atoms with Crippen LogP contribution in [0.2, 0.25) is 5.02 Å². The number of aromatic nitrogens is 2. The predicted molar refractivity (Wildman–Crippen MR) is 109 cm³/mol. The van der Waals surface area contributed by atoms with Gasteiger partial charge in [-0.1, -0.05) is 48.9 Å².